The second-order valence-electron chi connectivity index (χ2n) is 6.61. The Morgan fingerprint density at radius 1 is 1.15 bits per heavy atom. The molecule has 27 heavy (non-hydrogen) atoms. The largest absolute Gasteiger partial charge is 0.309 e. The number of aromatic nitrogens is 2. The summed E-state index contributed by atoms with van der Waals surface area (Å²) in [6.07, 6.45) is 18.5. The summed E-state index contributed by atoms with van der Waals surface area (Å²) < 4.78 is 0. The first kappa shape index (κ1) is 17.6. The van der Waals surface area contributed by atoms with Crippen molar-refractivity contribution in [3.05, 3.63) is 71.4 Å². The number of allylic oxidation sites excluding steroid dienone is 7. The molecular weight excluding hydrogens is 354 g/mol. The third kappa shape index (κ3) is 4.31. The molecule has 0 atom stereocenters. The fourth-order valence-corrected chi connectivity index (χ4v) is 3.93. The number of nitrogens with zero attached hydrogens (tertiary/aromatic N) is 2. The number of thiophene rings is 1. The summed E-state index contributed by atoms with van der Waals surface area (Å²) in [4.78, 5) is 22.9. The van der Waals surface area contributed by atoms with Crippen molar-refractivity contribution < 1.29 is 4.79 Å². The number of anilines is 1. The molecule has 0 saturated carbocycles. The molecule has 0 aromatic carbocycles. The predicted octanol–water partition coefficient (Wildman–Crippen LogP) is 5.54. The standard InChI is InChI=1S/C22H21N3OS/c26-20(14-16-8-3-1-4-9-16)25-22-21(19-12-7-13-27-19)24-18(15-23-22)17-10-5-2-6-11-17/h1-3,5,7-8,10,12-13,15H,4,6,9,11,14H2,(H,23,25,26). The van der Waals surface area contributed by atoms with Crippen LogP contribution in [0.15, 0.2) is 65.7 Å². The van der Waals surface area contributed by atoms with Crippen LogP contribution in [0.4, 0.5) is 5.82 Å². The van der Waals surface area contributed by atoms with Gasteiger partial charge in [0.2, 0.25) is 5.91 Å². The molecule has 2 aliphatic rings. The van der Waals surface area contributed by atoms with Gasteiger partial charge >= 0.3 is 0 Å². The lowest BCUT2D eigenvalue weighted by Gasteiger charge is -2.14. The van der Waals surface area contributed by atoms with Crippen LogP contribution >= 0.6 is 11.3 Å². The Balaban J connectivity index is 1.60. The van der Waals surface area contributed by atoms with Gasteiger partial charge in [-0.05, 0) is 42.7 Å². The molecule has 136 valence electrons. The lowest BCUT2D eigenvalue weighted by Crippen LogP contribution is -2.15. The minimum Gasteiger partial charge on any atom is -0.309 e. The van der Waals surface area contributed by atoms with Crippen LogP contribution in [0.2, 0.25) is 0 Å². The molecule has 0 fully saturated rings. The predicted molar refractivity (Wildman–Crippen MR) is 111 cm³/mol. The molecule has 0 spiro atoms. The van der Waals surface area contributed by atoms with Crippen LogP contribution in [0, 0.1) is 0 Å². The highest BCUT2D eigenvalue weighted by Crippen LogP contribution is 2.31. The minimum atomic E-state index is -0.0452. The molecule has 4 rings (SSSR count). The number of amides is 1. The third-order valence-electron chi connectivity index (χ3n) is 4.62. The summed E-state index contributed by atoms with van der Waals surface area (Å²) in [7, 11) is 0. The van der Waals surface area contributed by atoms with E-state index >= 15 is 0 Å². The molecule has 0 aliphatic heterocycles. The number of nitrogens with one attached hydrogen (secondary N) is 1. The van der Waals surface area contributed by atoms with Gasteiger partial charge in [-0.1, -0.05) is 48.1 Å². The smallest absolute Gasteiger partial charge is 0.229 e. The number of hydrogen-bond donors (Lipinski definition) is 1. The van der Waals surface area contributed by atoms with Gasteiger partial charge in [0.1, 0.15) is 5.69 Å². The van der Waals surface area contributed by atoms with Crippen molar-refractivity contribution >= 4 is 28.6 Å². The lowest BCUT2D eigenvalue weighted by molar-refractivity contribution is -0.115. The van der Waals surface area contributed by atoms with Crippen LogP contribution in [0.25, 0.3) is 16.1 Å². The van der Waals surface area contributed by atoms with Gasteiger partial charge in [-0.15, -0.1) is 11.3 Å². The van der Waals surface area contributed by atoms with Gasteiger partial charge in [0, 0.05) is 6.42 Å². The molecule has 1 amide bonds. The zero-order valence-electron chi connectivity index (χ0n) is 15.0. The van der Waals surface area contributed by atoms with E-state index in [1.165, 1.54) is 5.57 Å². The number of rotatable bonds is 5. The molecule has 1 N–H and O–H groups in total. The first-order chi connectivity index (χ1) is 13.3. The molecule has 0 unspecified atom stereocenters. The molecule has 5 heteroatoms. The highest BCUT2D eigenvalue weighted by molar-refractivity contribution is 7.13. The second-order valence-corrected chi connectivity index (χ2v) is 7.55. The second kappa shape index (κ2) is 8.27. The van der Waals surface area contributed by atoms with E-state index < -0.39 is 0 Å². The van der Waals surface area contributed by atoms with E-state index in [4.69, 9.17) is 4.98 Å². The van der Waals surface area contributed by atoms with Crippen molar-refractivity contribution in [3.8, 4) is 10.6 Å². The summed E-state index contributed by atoms with van der Waals surface area (Å²) in [6, 6.07) is 4.00. The highest BCUT2D eigenvalue weighted by atomic mass is 32.1. The molecule has 4 nitrogen and oxygen atoms in total. The van der Waals surface area contributed by atoms with E-state index in [-0.39, 0.29) is 5.91 Å². The first-order valence-corrected chi connectivity index (χ1v) is 10.1. The summed E-state index contributed by atoms with van der Waals surface area (Å²) in [5.41, 5.74) is 3.95. The Morgan fingerprint density at radius 3 is 2.70 bits per heavy atom. The number of hydrogen-bond acceptors (Lipinski definition) is 4. The van der Waals surface area contributed by atoms with E-state index in [0.717, 1.165) is 47.5 Å². The van der Waals surface area contributed by atoms with E-state index in [1.54, 1.807) is 17.5 Å². The van der Waals surface area contributed by atoms with Crippen molar-refractivity contribution in [2.75, 3.05) is 5.32 Å². The molecule has 2 aromatic rings. The SMILES string of the molecule is O=C(CC1=CC=CCC1)Nc1ncc(C2=CC=CCC2)nc1-c1cccs1. The van der Waals surface area contributed by atoms with Crippen molar-refractivity contribution in [1.29, 1.82) is 0 Å². The maximum Gasteiger partial charge on any atom is 0.229 e. The average Bonchev–Trinajstić information content (AvgIpc) is 3.24. The van der Waals surface area contributed by atoms with Gasteiger partial charge in [-0.2, -0.15) is 0 Å². The molecule has 2 heterocycles. The Bertz CT molecular complexity index is 952. The van der Waals surface area contributed by atoms with Crippen LogP contribution in [0.1, 0.15) is 37.8 Å². The third-order valence-corrected chi connectivity index (χ3v) is 5.49. The van der Waals surface area contributed by atoms with Gasteiger partial charge in [-0.25, -0.2) is 9.97 Å². The van der Waals surface area contributed by atoms with E-state index in [2.05, 4.69) is 34.6 Å². The van der Waals surface area contributed by atoms with Gasteiger partial charge in [-0.3, -0.25) is 4.79 Å². The fourth-order valence-electron chi connectivity index (χ4n) is 3.22. The van der Waals surface area contributed by atoms with E-state index in [0.29, 0.717) is 12.2 Å². The van der Waals surface area contributed by atoms with Crippen molar-refractivity contribution in [2.45, 2.75) is 32.1 Å². The van der Waals surface area contributed by atoms with Gasteiger partial charge in [0.25, 0.3) is 0 Å². The Kier molecular flexibility index (Phi) is 5.39. The van der Waals surface area contributed by atoms with Gasteiger partial charge in [0.15, 0.2) is 5.82 Å². The fraction of sp³-hybridized carbons (Fsp3) is 0.227. The van der Waals surface area contributed by atoms with Gasteiger partial charge in [0.05, 0.1) is 16.8 Å². The van der Waals surface area contributed by atoms with E-state index in [1.807, 2.05) is 29.7 Å². The maximum absolute atomic E-state index is 12.5. The molecule has 2 aliphatic carbocycles. The van der Waals surface area contributed by atoms with Crippen molar-refractivity contribution in [2.24, 2.45) is 0 Å². The van der Waals surface area contributed by atoms with E-state index in [9.17, 15) is 4.79 Å². The summed E-state index contributed by atoms with van der Waals surface area (Å²) in [5.74, 6) is 0.487. The summed E-state index contributed by atoms with van der Waals surface area (Å²) in [6.45, 7) is 0. The van der Waals surface area contributed by atoms with Crippen LogP contribution in [0.5, 0.6) is 0 Å². The summed E-state index contributed by atoms with van der Waals surface area (Å²) in [5, 5.41) is 4.98. The molecule has 0 bridgehead atoms. The Labute approximate surface area is 163 Å². The highest BCUT2D eigenvalue weighted by Gasteiger charge is 2.16. The topological polar surface area (TPSA) is 54.9 Å². The molecule has 2 aromatic heterocycles. The van der Waals surface area contributed by atoms with Crippen LogP contribution in [-0.4, -0.2) is 15.9 Å². The quantitative estimate of drug-likeness (QED) is 0.746. The minimum absolute atomic E-state index is 0.0452. The van der Waals surface area contributed by atoms with Crippen LogP contribution in [-0.2, 0) is 4.79 Å². The lowest BCUT2D eigenvalue weighted by atomic mass is 10.0. The number of carbonyl (C=O) groups is 1. The first-order valence-electron chi connectivity index (χ1n) is 9.21. The monoisotopic (exact) mass is 375 g/mol. The zero-order valence-corrected chi connectivity index (χ0v) is 15.8. The zero-order chi connectivity index (χ0) is 18.5. The molecule has 0 radical (unpaired) electrons. The normalized spacial score (nSPS) is 16.0. The molecular formula is C22H21N3OS. The van der Waals surface area contributed by atoms with Gasteiger partial charge < -0.3 is 5.32 Å². The van der Waals surface area contributed by atoms with Crippen molar-refractivity contribution in [3.63, 3.8) is 0 Å². The maximum atomic E-state index is 12.5. The summed E-state index contributed by atoms with van der Waals surface area (Å²) >= 11 is 1.60. The molecule has 0 saturated heterocycles. The number of carbonyl (C=O) groups excluding carboxylic acids is 1. The van der Waals surface area contributed by atoms with Crippen LogP contribution < -0.4 is 5.32 Å². The van der Waals surface area contributed by atoms with Crippen LogP contribution in [0.3, 0.4) is 0 Å². The Hall–Kier alpha value is -2.79. The Morgan fingerprint density at radius 2 is 2.00 bits per heavy atom. The average molecular weight is 375 g/mol. The van der Waals surface area contributed by atoms with Crippen molar-refractivity contribution in [1.82, 2.24) is 9.97 Å².